The minimum absolute atomic E-state index is 0.0486. The topological polar surface area (TPSA) is 78.5 Å². The molecule has 0 atom stereocenters. The van der Waals surface area contributed by atoms with Crippen molar-refractivity contribution in [2.24, 2.45) is 5.73 Å². The highest BCUT2D eigenvalue weighted by molar-refractivity contribution is 4.67. The Kier molecular flexibility index (Phi) is 9.94. The van der Waals surface area contributed by atoms with E-state index in [0.29, 0.717) is 12.6 Å². The van der Waals surface area contributed by atoms with E-state index in [1.165, 1.54) is 0 Å². The fourth-order valence-corrected chi connectivity index (χ4v) is 0.353. The summed E-state index contributed by atoms with van der Waals surface area (Å²) >= 11 is 0. The third-order valence-electron chi connectivity index (χ3n) is 1.07. The van der Waals surface area contributed by atoms with Gasteiger partial charge in [0.1, 0.15) is 0 Å². The summed E-state index contributed by atoms with van der Waals surface area (Å²) in [5.74, 6) is 0. The van der Waals surface area contributed by atoms with Gasteiger partial charge in [0, 0.05) is 18.1 Å². The van der Waals surface area contributed by atoms with Gasteiger partial charge in [0.05, 0.1) is 13.2 Å². The largest absolute Gasteiger partial charge is 0.395 e. The zero-order valence-electron chi connectivity index (χ0n) is 9.17. The number of rotatable bonds is 4. The highest BCUT2D eigenvalue weighted by Crippen LogP contribution is 1.89. The molecule has 0 aromatic carbocycles. The average molecular weight is 192 g/mol. The summed E-state index contributed by atoms with van der Waals surface area (Å²) in [7, 11) is 0. The number of hydrogen-bond donors (Lipinski definition) is 4. The van der Waals surface area contributed by atoms with Crippen molar-refractivity contribution in [1.82, 2.24) is 5.32 Å². The van der Waals surface area contributed by atoms with Crippen LogP contribution in [0.5, 0.6) is 0 Å². The van der Waals surface area contributed by atoms with Gasteiger partial charge in [-0.25, -0.2) is 0 Å². The molecule has 0 aliphatic rings. The van der Waals surface area contributed by atoms with Crippen LogP contribution in [-0.4, -0.2) is 41.6 Å². The molecule has 0 amide bonds. The second-order valence-electron chi connectivity index (χ2n) is 3.98. The maximum absolute atomic E-state index is 8.28. The van der Waals surface area contributed by atoms with Crippen LogP contribution < -0.4 is 11.1 Å². The van der Waals surface area contributed by atoms with E-state index in [2.05, 4.69) is 19.2 Å². The van der Waals surface area contributed by atoms with Crippen molar-refractivity contribution in [2.75, 3.05) is 19.8 Å². The third-order valence-corrected chi connectivity index (χ3v) is 1.07. The van der Waals surface area contributed by atoms with Crippen LogP contribution in [0.15, 0.2) is 0 Å². The Morgan fingerprint density at radius 3 is 1.77 bits per heavy atom. The molecule has 0 spiro atoms. The van der Waals surface area contributed by atoms with E-state index in [1.807, 2.05) is 0 Å². The van der Waals surface area contributed by atoms with Gasteiger partial charge in [0.2, 0.25) is 0 Å². The van der Waals surface area contributed by atoms with E-state index >= 15 is 0 Å². The molecule has 0 aromatic rings. The van der Waals surface area contributed by atoms with Crippen LogP contribution in [-0.2, 0) is 0 Å². The van der Waals surface area contributed by atoms with Crippen molar-refractivity contribution in [3.05, 3.63) is 0 Å². The van der Waals surface area contributed by atoms with Crippen LogP contribution in [0.25, 0.3) is 0 Å². The van der Waals surface area contributed by atoms with Gasteiger partial charge >= 0.3 is 0 Å². The quantitative estimate of drug-likeness (QED) is 0.493. The van der Waals surface area contributed by atoms with Crippen LogP contribution in [0.4, 0.5) is 0 Å². The fourth-order valence-electron chi connectivity index (χ4n) is 0.353. The molecule has 13 heavy (non-hydrogen) atoms. The Balaban J connectivity index is 0. The molecular formula is C9H24N2O2. The van der Waals surface area contributed by atoms with E-state index in [-0.39, 0.29) is 13.2 Å². The molecule has 82 valence electrons. The number of nitrogens with one attached hydrogen (secondary N) is 1. The highest BCUT2D eigenvalue weighted by Gasteiger charge is 2.05. The summed E-state index contributed by atoms with van der Waals surface area (Å²) in [6.07, 6.45) is 0. The standard InChI is InChI=1S/C5H13NO.C4H11NO/c1-5(2)6-3-4-7;1-4(2,5)3-6/h5-7H,3-4H2,1-2H3;6H,3,5H2,1-2H3. The molecule has 0 aliphatic carbocycles. The van der Waals surface area contributed by atoms with Crippen molar-refractivity contribution in [3.8, 4) is 0 Å². The predicted octanol–water partition coefficient (Wildman–Crippen LogP) is -0.307. The summed E-state index contributed by atoms with van der Waals surface area (Å²) in [5, 5.41) is 19.6. The van der Waals surface area contributed by atoms with Gasteiger partial charge in [0.25, 0.3) is 0 Å². The maximum atomic E-state index is 8.28. The summed E-state index contributed by atoms with van der Waals surface area (Å²) in [4.78, 5) is 0. The lowest BCUT2D eigenvalue weighted by Gasteiger charge is -2.12. The molecule has 4 nitrogen and oxygen atoms in total. The lowest BCUT2D eigenvalue weighted by molar-refractivity contribution is 0.221. The number of aliphatic hydroxyl groups is 2. The molecule has 4 heteroatoms. The van der Waals surface area contributed by atoms with Gasteiger partial charge in [-0.2, -0.15) is 0 Å². The zero-order chi connectivity index (χ0) is 10.9. The summed E-state index contributed by atoms with van der Waals surface area (Å²) in [6, 6.07) is 0.493. The van der Waals surface area contributed by atoms with E-state index < -0.39 is 5.54 Å². The molecular weight excluding hydrogens is 168 g/mol. The SMILES string of the molecule is CC(C)(N)CO.CC(C)NCCO. The average Bonchev–Trinajstić information content (AvgIpc) is 2.01. The molecule has 5 N–H and O–H groups in total. The molecule has 0 fully saturated rings. The van der Waals surface area contributed by atoms with Gasteiger partial charge in [-0.3, -0.25) is 0 Å². The second-order valence-corrected chi connectivity index (χ2v) is 3.98. The van der Waals surface area contributed by atoms with E-state index in [0.717, 1.165) is 0 Å². The molecule has 0 unspecified atom stereocenters. The van der Waals surface area contributed by atoms with E-state index in [9.17, 15) is 0 Å². The second kappa shape index (κ2) is 8.44. The molecule has 0 saturated carbocycles. The highest BCUT2D eigenvalue weighted by atomic mass is 16.3. The smallest absolute Gasteiger partial charge is 0.0605 e. The monoisotopic (exact) mass is 192 g/mol. The van der Waals surface area contributed by atoms with E-state index in [4.69, 9.17) is 15.9 Å². The lowest BCUT2D eigenvalue weighted by Crippen LogP contribution is -2.35. The first kappa shape index (κ1) is 15.3. The molecule has 0 aromatic heterocycles. The molecule has 0 bridgehead atoms. The zero-order valence-corrected chi connectivity index (χ0v) is 9.17. The molecule has 0 saturated heterocycles. The minimum atomic E-state index is -0.403. The predicted molar refractivity (Wildman–Crippen MR) is 55.6 cm³/mol. The normalized spacial score (nSPS) is 11.1. The van der Waals surface area contributed by atoms with Crippen molar-refractivity contribution < 1.29 is 10.2 Å². The molecule has 0 aliphatic heterocycles. The Bertz CT molecular complexity index is 100. The number of nitrogens with two attached hydrogens (primary N) is 1. The van der Waals surface area contributed by atoms with Crippen molar-refractivity contribution in [1.29, 1.82) is 0 Å². The first-order chi connectivity index (χ1) is 5.83. The molecule has 0 radical (unpaired) electrons. The van der Waals surface area contributed by atoms with Gasteiger partial charge in [0.15, 0.2) is 0 Å². The van der Waals surface area contributed by atoms with Crippen LogP contribution in [0.3, 0.4) is 0 Å². The van der Waals surface area contributed by atoms with Crippen molar-refractivity contribution in [3.63, 3.8) is 0 Å². The summed E-state index contributed by atoms with van der Waals surface area (Å²) < 4.78 is 0. The minimum Gasteiger partial charge on any atom is -0.395 e. The number of hydrogen-bond acceptors (Lipinski definition) is 4. The van der Waals surface area contributed by atoms with Crippen LogP contribution in [0.2, 0.25) is 0 Å². The van der Waals surface area contributed by atoms with Gasteiger partial charge in [-0.15, -0.1) is 0 Å². The Morgan fingerprint density at radius 1 is 1.31 bits per heavy atom. The lowest BCUT2D eigenvalue weighted by atomic mass is 10.1. The third kappa shape index (κ3) is 24.5. The Hall–Kier alpha value is -0.160. The van der Waals surface area contributed by atoms with Crippen molar-refractivity contribution in [2.45, 2.75) is 39.3 Å². The maximum Gasteiger partial charge on any atom is 0.0605 e. The first-order valence-corrected chi connectivity index (χ1v) is 4.57. The van der Waals surface area contributed by atoms with Crippen LogP contribution in [0.1, 0.15) is 27.7 Å². The van der Waals surface area contributed by atoms with Crippen LogP contribution in [0, 0.1) is 0 Å². The Labute approximate surface area is 81.1 Å². The first-order valence-electron chi connectivity index (χ1n) is 4.57. The van der Waals surface area contributed by atoms with Crippen LogP contribution >= 0.6 is 0 Å². The number of aliphatic hydroxyl groups excluding tert-OH is 2. The van der Waals surface area contributed by atoms with Gasteiger partial charge in [-0.05, 0) is 13.8 Å². The van der Waals surface area contributed by atoms with E-state index in [1.54, 1.807) is 13.8 Å². The molecule has 0 rings (SSSR count). The summed E-state index contributed by atoms with van der Waals surface area (Å²) in [6.45, 7) is 8.63. The fraction of sp³-hybridized carbons (Fsp3) is 1.00. The van der Waals surface area contributed by atoms with Gasteiger partial charge < -0.3 is 21.3 Å². The van der Waals surface area contributed by atoms with Crippen molar-refractivity contribution >= 4 is 0 Å². The Morgan fingerprint density at radius 2 is 1.69 bits per heavy atom. The molecule has 0 heterocycles. The summed E-state index contributed by atoms with van der Waals surface area (Å²) in [5.41, 5.74) is 4.88. The van der Waals surface area contributed by atoms with Gasteiger partial charge in [-0.1, -0.05) is 13.8 Å².